The molecule has 78 valence electrons. The average Bonchev–Trinajstić information content (AvgIpc) is 2.26. The van der Waals surface area contributed by atoms with Crippen molar-refractivity contribution in [1.29, 1.82) is 0 Å². The van der Waals surface area contributed by atoms with Gasteiger partial charge in [0.05, 0.1) is 13.2 Å². The molecule has 0 fully saturated rings. The minimum Gasteiger partial charge on any atom is -0.480 e. The molecule has 2 atom stereocenters. The van der Waals surface area contributed by atoms with Crippen molar-refractivity contribution in [2.75, 3.05) is 7.11 Å². The summed E-state index contributed by atoms with van der Waals surface area (Å²) >= 11 is 0. The highest BCUT2D eigenvalue weighted by Crippen LogP contribution is 2.25. The van der Waals surface area contributed by atoms with Crippen LogP contribution in [0.15, 0.2) is 12.4 Å². The molecule has 2 unspecified atom stereocenters. The van der Waals surface area contributed by atoms with Crippen molar-refractivity contribution in [3.63, 3.8) is 0 Å². The maximum atomic E-state index is 6.04. The minimum atomic E-state index is -0.108. The van der Waals surface area contributed by atoms with Gasteiger partial charge < -0.3 is 10.5 Å². The van der Waals surface area contributed by atoms with Gasteiger partial charge in [0, 0.05) is 12.4 Å². The van der Waals surface area contributed by atoms with Gasteiger partial charge in [-0.25, -0.2) is 4.98 Å². The maximum absolute atomic E-state index is 6.04. The zero-order valence-electron chi connectivity index (χ0n) is 8.90. The van der Waals surface area contributed by atoms with E-state index in [-0.39, 0.29) is 6.04 Å². The summed E-state index contributed by atoms with van der Waals surface area (Å²) in [6.07, 6.45) is 4.26. The predicted octanol–water partition coefficient (Wildman–Crippen LogP) is 1.53. The summed E-state index contributed by atoms with van der Waals surface area (Å²) in [6, 6.07) is -0.108. The van der Waals surface area contributed by atoms with Crippen LogP contribution in [0.3, 0.4) is 0 Å². The Morgan fingerprint density at radius 1 is 1.43 bits per heavy atom. The van der Waals surface area contributed by atoms with Crippen molar-refractivity contribution in [3.8, 4) is 5.88 Å². The number of rotatable bonds is 4. The Labute approximate surface area is 84.5 Å². The van der Waals surface area contributed by atoms with Gasteiger partial charge in [0.1, 0.15) is 5.69 Å². The van der Waals surface area contributed by atoms with Crippen molar-refractivity contribution < 1.29 is 4.74 Å². The number of hydrogen-bond donors (Lipinski definition) is 1. The third-order valence-corrected chi connectivity index (χ3v) is 2.46. The summed E-state index contributed by atoms with van der Waals surface area (Å²) in [4.78, 5) is 8.28. The first-order chi connectivity index (χ1) is 6.70. The van der Waals surface area contributed by atoms with Gasteiger partial charge in [-0.05, 0) is 5.92 Å². The number of aromatic nitrogens is 2. The van der Waals surface area contributed by atoms with Gasteiger partial charge in [0.25, 0.3) is 0 Å². The largest absolute Gasteiger partial charge is 0.480 e. The van der Waals surface area contributed by atoms with E-state index in [0.717, 1.165) is 12.1 Å². The molecule has 0 saturated carbocycles. The van der Waals surface area contributed by atoms with Gasteiger partial charge in [-0.1, -0.05) is 20.3 Å². The second kappa shape index (κ2) is 4.91. The highest BCUT2D eigenvalue weighted by molar-refractivity contribution is 5.21. The molecule has 0 amide bonds. The first-order valence-electron chi connectivity index (χ1n) is 4.81. The van der Waals surface area contributed by atoms with Crippen LogP contribution in [0.2, 0.25) is 0 Å². The number of nitrogens with two attached hydrogens (primary N) is 1. The molecule has 0 radical (unpaired) electrons. The highest BCUT2D eigenvalue weighted by Gasteiger charge is 2.19. The van der Waals surface area contributed by atoms with Crippen molar-refractivity contribution in [1.82, 2.24) is 9.97 Å². The van der Waals surface area contributed by atoms with Crippen LogP contribution in [-0.2, 0) is 0 Å². The van der Waals surface area contributed by atoms with Crippen LogP contribution in [0, 0.1) is 5.92 Å². The molecule has 1 aromatic heterocycles. The van der Waals surface area contributed by atoms with Crippen LogP contribution < -0.4 is 10.5 Å². The standard InChI is InChI=1S/C10H17N3O/c1-4-7(2)8(11)9-10(14-3)13-6-5-12-9/h5-8H,4,11H2,1-3H3. The fourth-order valence-electron chi connectivity index (χ4n) is 1.25. The number of nitrogens with zero attached hydrogens (tertiary/aromatic N) is 2. The summed E-state index contributed by atoms with van der Waals surface area (Å²) in [5, 5.41) is 0. The van der Waals surface area contributed by atoms with E-state index < -0.39 is 0 Å². The van der Waals surface area contributed by atoms with Crippen molar-refractivity contribution in [2.45, 2.75) is 26.3 Å². The van der Waals surface area contributed by atoms with Gasteiger partial charge in [0.15, 0.2) is 0 Å². The normalized spacial score (nSPS) is 14.9. The lowest BCUT2D eigenvalue weighted by atomic mass is 9.97. The lowest BCUT2D eigenvalue weighted by Gasteiger charge is -2.18. The molecule has 4 nitrogen and oxygen atoms in total. The molecule has 0 aromatic carbocycles. The molecule has 14 heavy (non-hydrogen) atoms. The Morgan fingerprint density at radius 3 is 2.64 bits per heavy atom. The van der Waals surface area contributed by atoms with E-state index >= 15 is 0 Å². The summed E-state index contributed by atoms with van der Waals surface area (Å²) in [7, 11) is 1.58. The smallest absolute Gasteiger partial charge is 0.236 e. The quantitative estimate of drug-likeness (QED) is 0.791. The minimum absolute atomic E-state index is 0.108. The van der Waals surface area contributed by atoms with Crippen molar-refractivity contribution in [3.05, 3.63) is 18.1 Å². The molecule has 4 heteroatoms. The van der Waals surface area contributed by atoms with E-state index in [1.54, 1.807) is 19.5 Å². The molecular weight excluding hydrogens is 178 g/mol. The van der Waals surface area contributed by atoms with Crippen molar-refractivity contribution >= 4 is 0 Å². The van der Waals surface area contributed by atoms with Crippen molar-refractivity contribution in [2.24, 2.45) is 11.7 Å². The molecule has 0 aliphatic carbocycles. The molecule has 1 rings (SSSR count). The number of hydrogen-bond acceptors (Lipinski definition) is 4. The summed E-state index contributed by atoms with van der Waals surface area (Å²) in [6.45, 7) is 4.20. The summed E-state index contributed by atoms with van der Waals surface area (Å²) in [5.41, 5.74) is 6.78. The number of methoxy groups -OCH3 is 1. The molecule has 2 N–H and O–H groups in total. The highest BCUT2D eigenvalue weighted by atomic mass is 16.5. The first kappa shape index (κ1) is 10.9. The molecule has 0 aliphatic rings. The predicted molar refractivity (Wildman–Crippen MR) is 55.0 cm³/mol. The van der Waals surface area contributed by atoms with E-state index in [1.807, 2.05) is 0 Å². The molecule has 1 aromatic rings. The zero-order chi connectivity index (χ0) is 10.6. The fourth-order valence-corrected chi connectivity index (χ4v) is 1.25. The van der Waals surface area contributed by atoms with Crippen LogP contribution in [0.1, 0.15) is 32.0 Å². The van der Waals surface area contributed by atoms with Crippen LogP contribution in [0.25, 0.3) is 0 Å². The average molecular weight is 195 g/mol. The molecule has 0 aliphatic heterocycles. The Kier molecular flexibility index (Phi) is 3.83. The van der Waals surface area contributed by atoms with Crippen LogP contribution >= 0.6 is 0 Å². The van der Waals surface area contributed by atoms with Crippen LogP contribution in [0.4, 0.5) is 0 Å². The van der Waals surface area contributed by atoms with Gasteiger partial charge in [-0.15, -0.1) is 0 Å². The first-order valence-corrected chi connectivity index (χ1v) is 4.81. The second-order valence-corrected chi connectivity index (χ2v) is 3.36. The lowest BCUT2D eigenvalue weighted by molar-refractivity contribution is 0.367. The molecule has 0 spiro atoms. The van der Waals surface area contributed by atoms with E-state index in [2.05, 4.69) is 23.8 Å². The van der Waals surface area contributed by atoms with Gasteiger partial charge in [-0.2, -0.15) is 0 Å². The summed E-state index contributed by atoms with van der Waals surface area (Å²) in [5.74, 6) is 0.904. The number of ether oxygens (including phenoxy) is 1. The third kappa shape index (κ3) is 2.20. The summed E-state index contributed by atoms with van der Waals surface area (Å²) < 4.78 is 5.11. The molecule has 0 saturated heterocycles. The van der Waals surface area contributed by atoms with Gasteiger partial charge >= 0.3 is 0 Å². The molecular formula is C10H17N3O. The Hall–Kier alpha value is -1.16. The van der Waals surface area contributed by atoms with E-state index in [4.69, 9.17) is 10.5 Å². The van der Waals surface area contributed by atoms with E-state index in [9.17, 15) is 0 Å². The monoisotopic (exact) mass is 195 g/mol. The second-order valence-electron chi connectivity index (χ2n) is 3.36. The van der Waals surface area contributed by atoms with Gasteiger partial charge in [0.2, 0.25) is 5.88 Å². The Bertz CT molecular complexity index is 290. The molecule has 1 heterocycles. The van der Waals surface area contributed by atoms with Gasteiger partial charge in [-0.3, -0.25) is 4.98 Å². The van der Waals surface area contributed by atoms with Crippen LogP contribution in [-0.4, -0.2) is 17.1 Å². The lowest BCUT2D eigenvalue weighted by Crippen LogP contribution is -2.20. The SMILES string of the molecule is CCC(C)C(N)c1nccnc1OC. The maximum Gasteiger partial charge on any atom is 0.236 e. The zero-order valence-corrected chi connectivity index (χ0v) is 8.90. The third-order valence-electron chi connectivity index (χ3n) is 2.46. The topological polar surface area (TPSA) is 61.0 Å². The van der Waals surface area contributed by atoms with E-state index in [1.165, 1.54) is 0 Å². The molecule has 0 bridgehead atoms. The Morgan fingerprint density at radius 2 is 2.07 bits per heavy atom. The fraction of sp³-hybridized carbons (Fsp3) is 0.600. The van der Waals surface area contributed by atoms with Crippen LogP contribution in [0.5, 0.6) is 5.88 Å². The Balaban J connectivity index is 2.93. The van der Waals surface area contributed by atoms with E-state index in [0.29, 0.717) is 11.8 Å².